The number of imidazole rings is 1. The van der Waals surface area contributed by atoms with Gasteiger partial charge in [-0.2, -0.15) is 0 Å². The molecule has 8 heteroatoms. The van der Waals surface area contributed by atoms with Crippen molar-refractivity contribution in [2.75, 3.05) is 18.4 Å². The van der Waals surface area contributed by atoms with E-state index in [4.69, 9.17) is 4.52 Å². The molecule has 1 fully saturated rings. The minimum Gasteiger partial charge on any atom is -0.360 e. The average molecular weight is 371 g/mol. The van der Waals surface area contributed by atoms with Crippen molar-refractivity contribution < 1.29 is 14.1 Å². The number of aromatic nitrogens is 3. The van der Waals surface area contributed by atoms with Crippen LogP contribution in [0.15, 0.2) is 10.6 Å². The molecule has 0 saturated carbocycles. The van der Waals surface area contributed by atoms with E-state index in [0.717, 1.165) is 70.3 Å². The molecule has 2 amide bonds. The summed E-state index contributed by atoms with van der Waals surface area (Å²) >= 11 is 0. The second kappa shape index (κ2) is 7.54. The summed E-state index contributed by atoms with van der Waals surface area (Å²) in [5, 5.41) is 6.53. The smallest absolute Gasteiger partial charge is 0.289 e. The molecule has 0 aromatic carbocycles. The van der Waals surface area contributed by atoms with Crippen molar-refractivity contribution in [1.82, 2.24) is 19.6 Å². The van der Waals surface area contributed by atoms with Crippen molar-refractivity contribution >= 4 is 17.6 Å². The summed E-state index contributed by atoms with van der Waals surface area (Å²) in [6.45, 7) is 4.02. The zero-order valence-corrected chi connectivity index (χ0v) is 15.7. The molecule has 8 nitrogen and oxygen atoms in total. The summed E-state index contributed by atoms with van der Waals surface area (Å²) in [5.74, 6) is 0.970. The number of aryl methyl sites for hydroxylation is 1. The maximum absolute atomic E-state index is 13.1. The maximum atomic E-state index is 13.1. The van der Waals surface area contributed by atoms with E-state index in [1.165, 1.54) is 0 Å². The molecular weight excluding hydrogens is 346 g/mol. The van der Waals surface area contributed by atoms with Gasteiger partial charge in [0.15, 0.2) is 17.3 Å². The molecule has 0 radical (unpaired) electrons. The summed E-state index contributed by atoms with van der Waals surface area (Å²) < 4.78 is 6.94. The van der Waals surface area contributed by atoms with E-state index in [0.29, 0.717) is 23.1 Å². The fourth-order valence-corrected chi connectivity index (χ4v) is 3.90. The largest absolute Gasteiger partial charge is 0.360 e. The van der Waals surface area contributed by atoms with Gasteiger partial charge in [0.05, 0.1) is 5.69 Å². The molecular formula is C19H25N5O3. The molecule has 2 aliphatic heterocycles. The van der Waals surface area contributed by atoms with Crippen LogP contribution in [0.4, 0.5) is 5.82 Å². The lowest BCUT2D eigenvalue weighted by Crippen LogP contribution is -2.34. The minimum atomic E-state index is -0.344. The standard InChI is InChI=1S/C19H25N5O3/c1-13-12-15(22-27-13)20-18(25)16-14-8-4-7-11-24(14)17(21-16)19(26)23-9-5-2-3-6-10-23/h12H,2-11H2,1H3,(H,20,22,25). The Hall–Kier alpha value is -2.64. The van der Waals surface area contributed by atoms with Crippen molar-refractivity contribution in [1.29, 1.82) is 0 Å². The number of nitrogens with zero attached hydrogens (tertiary/aromatic N) is 4. The first-order valence-corrected chi connectivity index (χ1v) is 9.77. The van der Waals surface area contributed by atoms with Crippen LogP contribution in [0, 0.1) is 6.92 Å². The summed E-state index contributed by atoms with van der Waals surface area (Å²) in [6.07, 6.45) is 7.11. The molecule has 27 heavy (non-hydrogen) atoms. The van der Waals surface area contributed by atoms with E-state index in [-0.39, 0.29) is 11.8 Å². The number of fused-ring (bicyclic) bond motifs is 1. The van der Waals surface area contributed by atoms with Gasteiger partial charge in [0, 0.05) is 25.7 Å². The van der Waals surface area contributed by atoms with Gasteiger partial charge in [0.1, 0.15) is 5.76 Å². The highest BCUT2D eigenvalue weighted by molar-refractivity contribution is 6.04. The van der Waals surface area contributed by atoms with E-state index in [1.807, 2.05) is 9.47 Å². The zero-order chi connectivity index (χ0) is 18.8. The third-order valence-corrected chi connectivity index (χ3v) is 5.29. The van der Waals surface area contributed by atoms with Crippen LogP contribution >= 0.6 is 0 Å². The van der Waals surface area contributed by atoms with Gasteiger partial charge in [-0.15, -0.1) is 0 Å². The fraction of sp³-hybridized carbons (Fsp3) is 0.579. The number of rotatable bonds is 3. The second-order valence-corrected chi connectivity index (χ2v) is 7.32. The van der Waals surface area contributed by atoms with Crippen LogP contribution in [0.3, 0.4) is 0 Å². The van der Waals surface area contributed by atoms with Crippen LogP contribution in [0.25, 0.3) is 0 Å². The molecule has 0 unspecified atom stereocenters. The van der Waals surface area contributed by atoms with E-state index in [2.05, 4.69) is 15.5 Å². The van der Waals surface area contributed by atoms with Gasteiger partial charge >= 0.3 is 0 Å². The molecule has 2 aromatic rings. The highest BCUT2D eigenvalue weighted by Gasteiger charge is 2.30. The van der Waals surface area contributed by atoms with E-state index < -0.39 is 0 Å². The number of amides is 2. The van der Waals surface area contributed by atoms with Crippen LogP contribution in [0.1, 0.15) is 71.1 Å². The third kappa shape index (κ3) is 3.61. The SMILES string of the molecule is Cc1cc(NC(=O)c2nc(C(=O)N3CCCCCC3)n3c2CCCC3)no1. The average Bonchev–Trinajstić information content (AvgIpc) is 3.14. The summed E-state index contributed by atoms with van der Waals surface area (Å²) in [6, 6.07) is 1.66. The molecule has 4 rings (SSSR count). The van der Waals surface area contributed by atoms with Crippen molar-refractivity contribution in [3.63, 3.8) is 0 Å². The first-order valence-electron chi connectivity index (χ1n) is 9.77. The molecule has 0 atom stereocenters. The van der Waals surface area contributed by atoms with Gasteiger partial charge < -0.3 is 19.3 Å². The summed E-state index contributed by atoms with van der Waals surface area (Å²) in [5.41, 5.74) is 1.17. The number of carbonyl (C=O) groups is 2. The van der Waals surface area contributed by atoms with Crippen molar-refractivity contribution in [3.05, 3.63) is 29.0 Å². The monoisotopic (exact) mass is 371 g/mol. The van der Waals surface area contributed by atoms with Crippen LogP contribution in [-0.4, -0.2) is 44.5 Å². The van der Waals surface area contributed by atoms with Gasteiger partial charge in [-0.25, -0.2) is 4.98 Å². The molecule has 4 heterocycles. The lowest BCUT2D eigenvalue weighted by atomic mass is 10.1. The Balaban J connectivity index is 1.62. The van der Waals surface area contributed by atoms with E-state index >= 15 is 0 Å². The second-order valence-electron chi connectivity index (χ2n) is 7.32. The predicted octanol–water partition coefficient (Wildman–Crippen LogP) is 2.78. The van der Waals surface area contributed by atoms with Crippen molar-refractivity contribution in [3.8, 4) is 0 Å². The Bertz CT molecular complexity index is 846. The molecule has 2 aromatic heterocycles. The van der Waals surface area contributed by atoms with Gasteiger partial charge in [-0.1, -0.05) is 18.0 Å². The number of nitrogens with one attached hydrogen (secondary N) is 1. The quantitative estimate of drug-likeness (QED) is 0.895. The van der Waals surface area contributed by atoms with E-state index in [9.17, 15) is 9.59 Å². The fourth-order valence-electron chi connectivity index (χ4n) is 3.90. The Morgan fingerprint density at radius 3 is 2.52 bits per heavy atom. The normalized spacial score (nSPS) is 17.3. The first-order chi connectivity index (χ1) is 13.1. The lowest BCUT2D eigenvalue weighted by Gasteiger charge is -2.22. The first kappa shape index (κ1) is 17.8. The Morgan fingerprint density at radius 1 is 1.07 bits per heavy atom. The Kier molecular flexibility index (Phi) is 4.96. The highest BCUT2D eigenvalue weighted by Crippen LogP contribution is 2.24. The predicted molar refractivity (Wildman–Crippen MR) is 98.7 cm³/mol. The van der Waals surface area contributed by atoms with Gasteiger partial charge in [0.25, 0.3) is 11.8 Å². The number of carbonyl (C=O) groups excluding carboxylic acids is 2. The Labute approximate surface area is 157 Å². The van der Waals surface area contributed by atoms with Crippen LogP contribution in [-0.2, 0) is 13.0 Å². The lowest BCUT2D eigenvalue weighted by molar-refractivity contribution is 0.0743. The molecule has 2 aliphatic rings. The topological polar surface area (TPSA) is 93.3 Å². The Morgan fingerprint density at radius 2 is 1.81 bits per heavy atom. The summed E-state index contributed by atoms with van der Waals surface area (Å²) in [7, 11) is 0. The van der Waals surface area contributed by atoms with Crippen LogP contribution in [0.2, 0.25) is 0 Å². The van der Waals surface area contributed by atoms with E-state index in [1.54, 1.807) is 13.0 Å². The molecule has 1 saturated heterocycles. The molecule has 0 bridgehead atoms. The maximum Gasteiger partial charge on any atom is 0.289 e. The molecule has 0 spiro atoms. The summed E-state index contributed by atoms with van der Waals surface area (Å²) in [4.78, 5) is 32.3. The van der Waals surface area contributed by atoms with Gasteiger partial charge in [-0.05, 0) is 39.0 Å². The van der Waals surface area contributed by atoms with Crippen LogP contribution < -0.4 is 5.32 Å². The molecule has 144 valence electrons. The van der Waals surface area contributed by atoms with Crippen LogP contribution in [0.5, 0.6) is 0 Å². The number of anilines is 1. The molecule has 0 aliphatic carbocycles. The van der Waals surface area contributed by atoms with Gasteiger partial charge in [0.2, 0.25) is 0 Å². The molecule has 1 N–H and O–H groups in total. The number of hydrogen-bond donors (Lipinski definition) is 1. The highest BCUT2D eigenvalue weighted by atomic mass is 16.5. The van der Waals surface area contributed by atoms with Crippen molar-refractivity contribution in [2.45, 2.75) is 58.4 Å². The third-order valence-electron chi connectivity index (χ3n) is 5.29. The zero-order valence-electron chi connectivity index (χ0n) is 15.7. The minimum absolute atomic E-state index is 0.0589. The van der Waals surface area contributed by atoms with Crippen molar-refractivity contribution in [2.24, 2.45) is 0 Å². The van der Waals surface area contributed by atoms with Gasteiger partial charge in [-0.3, -0.25) is 9.59 Å². The number of hydrogen-bond acceptors (Lipinski definition) is 5. The number of likely N-dealkylation sites (tertiary alicyclic amines) is 1.